The van der Waals surface area contributed by atoms with E-state index in [1.165, 1.54) is 23.2 Å². The molecule has 0 saturated carbocycles. The Hall–Kier alpha value is -3.25. The number of rotatable bonds is 6. The van der Waals surface area contributed by atoms with Crippen LogP contribution in [0.3, 0.4) is 0 Å². The molecule has 30 heavy (non-hydrogen) atoms. The minimum Gasteiger partial charge on any atom is -0.461 e. The molecule has 152 valence electrons. The van der Waals surface area contributed by atoms with Gasteiger partial charge in [-0.15, -0.1) is 11.3 Å². The van der Waals surface area contributed by atoms with Crippen LogP contribution in [-0.2, 0) is 11.2 Å². The lowest BCUT2D eigenvalue weighted by molar-refractivity contribution is 0.0514. The van der Waals surface area contributed by atoms with E-state index in [0.717, 1.165) is 32.6 Å². The molecule has 0 aliphatic rings. The molecule has 0 bridgehead atoms. The molecule has 1 N–H and O–H groups in total. The first-order valence-corrected chi connectivity index (χ1v) is 10.6. The van der Waals surface area contributed by atoms with Crippen molar-refractivity contribution in [2.24, 2.45) is 0 Å². The summed E-state index contributed by atoms with van der Waals surface area (Å²) in [6.07, 6.45) is 2.21. The van der Waals surface area contributed by atoms with Crippen molar-refractivity contribution in [3.05, 3.63) is 82.0 Å². The molecule has 0 unspecified atom stereocenters. The van der Waals surface area contributed by atoms with E-state index in [4.69, 9.17) is 4.74 Å². The molecule has 6 heteroatoms. The molecular weight excluding hydrogens is 394 g/mol. The summed E-state index contributed by atoms with van der Waals surface area (Å²) >= 11 is 1.34. The molecule has 5 nitrogen and oxygen atoms in total. The van der Waals surface area contributed by atoms with Crippen LogP contribution < -0.4 is 5.32 Å². The van der Waals surface area contributed by atoms with Crippen LogP contribution in [0.5, 0.6) is 0 Å². The topological polar surface area (TPSA) is 64.1 Å². The highest BCUT2D eigenvalue weighted by Crippen LogP contribution is 2.35. The predicted octanol–water partition coefficient (Wildman–Crippen LogP) is 5.76. The van der Waals surface area contributed by atoms with Crippen LogP contribution in [-0.4, -0.2) is 22.5 Å². The molecule has 4 aromatic rings. The second kappa shape index (κ2) is 8.63. The molecule has 2 aromatic heterocycles. The molecule has 0 aliphatic heterocycles. The van der Waals surface area contributed by atoms with Gasteiger partial charge in [-0.05, 0) is 43.5 Å². The number of esters is 1. The summed E-state index contributed by atoms with van der Waals surface area (Å²) in [5.74, 6) is 0.382. The quantitative estimate of drug-likeness (QED) is 0.404. The van der Waals surface area contributed by atoms with Gasteiger partial charge in [0.1, 0.15) is 21.9 Å². The number of aryl methyl sites for hydroxylation is 3. The number of hydrogen-bond donors (Lipinski definition) is 1. The summed E-state index contributed by atoms with van der Waals surface area (Å²) in [4.78, 5) is 22.9. The number of carbonyl (C=O) groups excluding carboxylic acids is 1. The van der Waals surface area contributed by atoms with Crippen molar-refractivity contribution in [1.29, 1.82) is 0 Å². The highest BCUT2D eigenvalue weighted by atomic mass is 32.1. The lowest BCUT2D eigenvalue weighted by Gasteiger charge is -2.10. The number of anilines is 2. The van der Waals surface area contributed by atoms with E-state index >= 15 is 0 Å². The van der Waals surface area contributed by atoms with Crippen LogP contribution in [0.1, 0.15) is 31.9 Å². The number of nitrogens with one attached hydrogen (secondary N) is 1. The second-order valence-electron chi connectivity index (χ2n) is 7.27. The van der Waals surface area contributed by atoms with Crippen molar-refractivity contribution in [1.82, 2.24) is 9.97 Å². The standard InChI is InChI=1S/C24H23N3O2S/c1-15-9-10-19(16(2)13-15)27-22-20-17(3)21(30-23(20)26-14-25-22)24(28)29-12-11-18-7-5-4-6-8-18/h4-10,13-14H,11-12H2,1-3H3,(H,25,26,27). The average molecular weight is 418 g/mol. The van der Waals surface area contributed by atoms with E-state index in [-0.39, 0.29) is 5.97 Å². The first-order chi connectivity index (χ1) is 14.5. The third-order valence-corrected chi connectivity index (χ3v) is 6.19. The Kier molecular flexibility index (Phi) is 5.77. The number of aromatic nitrogens is 2. The minimum atomic E-state index is -0.316. The molecule has 0 spiro atoms. The monoisotopic (exact) mass is 417 g/mol. The van der Waals surface area contributed by atoms with Crippen molar-refractivity contribution in [2.75, 3.05) is 11.9 Å². The van der Waals surface area contributed by atoms with Gasteiger partial charge >= 0.3 is 5.97 Å². The van der Waals surface area contributed by atoms with E-state index in [1.807, 2.05) is 43.3 Å². The smallest absolute Gasteiger partial charge is 0.348 e. The summed E-state index contributed by atoms with van der Waals surface area (Å²) in [5.41, 5.74) is 5.31. The maximum atomic E-state index is 12.7. The normalized spacial score (nSPS) is 10.9. The molecule has 0 atom stereocenters. The summed E-state index contributed by atoms with van der Waals surface area (Å²) in [6.45, 7) is 6.39. The van der Waals surface area contributed by atoms with Gasteiger partial charge in [-0.25, -0.2) is 14.8 Å². The van der Waals surface area contributed by atoms with E-state index in [2.05, 4.69) is 41.3 Å². The number of fused-ring (bicyclic) bond motifs is 1. The molecule has 0 aliphatic carbocycles. The summed E-state index contributed by atoms with van der Waals surface area (Å²) in [6, 6.07) is 16.2. The fourth-order valence-corrected chi connectivity index (χ4v) is 4.46. The molecule has 0 saturated heterocycles. The van der Waals surface area contributed by atoms with Crippen molar-refractivity contribution >= 4 is 39.0 Å². The van der Waals surface area contributed by atoms with E-state index in [9.17, 15) is 4.79 Å². The SMILES string of the molecule is Cc1ccc(Nc2ncnc3sc(C(=O)OCCc4ccccc4)c(C)c23)c(C)c1. The second-order valence-corrected chi connectivity index (χ2v) is 8.27. The van der Waals surface area contributed by atoms with Gasteiger partial charge in [-0.3, -0.25) is 0 Å². The first kappa shape index (κ1) is 20.0. The Bertz CT molecular complexity index is 1200. The van der Waals surface area contributed by atoms with Gasteiger partial charge < -0.3 is 10.1 Å². The van der Waals surface area contributed by atoms with Gasteiger partial charge in [-0.2, -0.15) is 0 Å². The van der Waals surface area contributed by atoms with Crippen LogP contribution in [0.2, 0.25) is 0 Å². The number of thiophene rings is 1. The molecule has 2 heterocycles. The molecule has 0 fully saturated rings. The van der Waals surface area contributed by atoms with Crippen LogP contribution >= 0.6 is 11.3 Å². The van der Waals surface area contributed by atoms with E-state index < -0.39 is 0 Å². The fourth-order valence-electron chi connectivity index (χ4n) is 3.41. The van der Waals surface area contributed by atoms with Crippen molar-refractivity contribution in [2.45, 2.75) is 27.2 Å². The Morgan fingerprint density at radius 1 is 1.07 bits per heavy atom. The van der Waals surface area contributed by atoms with Gasteiger partial charge in [0.15, 0.2) is 0 Å². The van der Waals surface area contributed by atoms with Crippen LogP contribution in [0, 0.1) is 20.8 Å². The zero-order valence-electron chi connectivity index (χ0n) is 17.2. The molecule has 0 radical (unpaired) electrons. The lowest BCUT2D eigenvalue weighted by atomic mass is 10.1. The lowest BCUT2D eigenvalue weighted by Crippen LogP contribution is -2.07. The van der Waals surface area contributed by atoms with Gasteiger partial charge in [0.25, 0.3) is 0 Å². The summed E-state index contributed by atoms with van der Waals surface area (Å²) in [5, 5.41) is 4.26. The van der Waals surface area contributed by atoms with Gasteiger partial charge in [0.2, 0.25) is 0 Å². The van der Waals surface area contributed by atoms with Gasteiger partial charge in [-0.1, -0.05) is 48.0 Å². The Morgan fingerprint density at radius 2 is 1.87 bits per heavy atom. The van der Waals surface area contributed by atoms with Crippen LogP contribution in [0.4, 0.5) is 11.5 Å². The van der Waals surface area contributed by atoms with Crippen molar-refractivity contribution < 1.29 is 9.53 Å². The zero-order chi connectivity index (χ0) is 21.1. The van der Waals surface area contributed by atoms with Gasteiger partial charge in [0, 0.05) is 12.1 Å². The Balaban J connectivity index is 1.56. The minimum absolute atomic E-state index is 0.316. The first-order valence-electron chi connectivity index (χ1n) is 9.82. The number of nitrogens with zero attached hydrogens (tertiary/aromatic N) is 2. The highest BCUT2D eigenvalue weighted by Gasteiger charge is 2.20. The average Bonchev–Trinajstić information content (AvgIpc) is 3.08. The van der Waals surface area contributed by atoms with Crippen molar-refractivity contribution in [3.63, 3.8) is 0 Å². The van der Waals surface area contributed by atoms with E-state index in [0.29, 0.717) is 23.7 Å². The Labute approximate surface area is 179 Å². The largest absolute Gasteiger partial charge is 0.461 e. The third-order valence-electron chi connectivity index (χ3n) is 5.01. The van der Waals surface area contributed by atoms with Crippen LogP contribution in [0.15, 0.2) is 54.9 Å². The third kappa shape index (κ3) is 4.19. The number of hydrogen-bond acceptors (Lipinski definition) is 6. The number of ether oxygens (including phenoxy) is 1. The van der Waals surface area contributed by atoms with Crippen LogP contribution in [0.25, 0.3) is 10.2 Å². The number of benzene rings is 2. The molecule has 2 aromatic carbocycles. The summed E-state index contributed by atoms with van der Waals surface area (Å²) < 4.78 is 5.54. The molecular formula is C24H23N3O2S. The van der Waals surface area contributed by atoms with Crippen molar-refractivity contribution in [3.8, 4) is 0 Å². The van der Waals surface area contributed by atoms with Gasteiger partial charge in [0.05, 0.1) is 12.0 Å². The molecule has 0 amide bonds. The predicted molar refractivity (Wildman–Crippen MR) is 122 cm³/mol. The fraction of sp³-hybridized carbons (Fsp3) is 0.208. The zero-order valence-corrected chi connectivity index (χ0v) is 18.0. The summed E-state index contributed by atoms with van der Waals surface area (Å²) in [7, 11) is 0. The maximum Gasteiger partial charge on any atom is 0.348 e. The maximum absolute atomic E-state index is 12.7. The highest BCUT2D eigenvalue weighted by molar-refractivity contribution is 7.20. The molecule has 4 rings (SSSR count). The Morgan fingerprint density at radius 3 is 2.63 bits per heavy atom. The van der Waals surface area contributed by atoms with E-state index in [1.54, 1.807) is 0 Å². The number of carbonyl (C=O) groups is 1.